The van der Waals surface area contributed by atoms with Crippen LogP contribution in [0.2, 0.25) is 0 Å². The van der Waals surface area contributed by atoms with Gasteiger partial charge in [0.25, 0.3) is 0 Å². The first-order valence-electron chi connectivity index (χ1n) is 7.62. The number of rotatable bonds is 0. The molecule has 3 aliphatic rings. The number of phenolic OH excluding ortho intramolecular Hbond substituents is 3. The van der Waals surface area contributed by atoms with Gasteiger partial charge in [-0.05, 0) is 58.1 Å². The molecule has 6 rings (SSSR count). The van der Waals surface area contributed by atoms with Gasteiger partial charge in [-0.25, -0.2) is 0 Å². The first-order chi connectivity index (χ1) is 11.1. The van der Waals surface area contributed by atoms with E-state index in [1.165, 1.54) is 0 Å². The smallest absolute Gasteiger partial charge is 0.120 e. The lowest BCUT2D eigenvalue weighted by molar-refractivity contribution is 0.460. The second kappa shape index (κ2) is 4.07. The van der Waals surface area contributed by atoms with Gasteiger partial charge in [0, 0.05) is 17.4 Å². The van der Waals surface area contributed by atoms with Gasteiger partial charge >= 0.3 is 0 Å². The van der Waals surface area contributed by atoms with Crippen molar-refractivity contribution >= 4 is 0 Å². The van der Waals surface area contributed by atoms with E-state index in [0.717, 1.165) is 33.4 Å². The fourth-order valence-corrected chi connectivity index (χ4v) is 4.27. The molecule has 112 valence electrons. The molecule has 3 N–H and O–H groups in total. The molecule has 2 bridgehead atoms. The van der Waals surface area contributed by atoms with E-state index in [1.54, 1.807) is 30.3 Å². The summed E-state index contributed by atoms with van der Waals surface area (Å²) in [6, 6.07) is 16.5. The molecule has 3 aliphatic carbocycles. The van der Waals surface area contributed by atoms with Crippen molar-refractivity contribution in [3.05, 3.63) is 88.0 Å². The second-order valence-corrected chi connectivity index (χ2v) is 6.27. The molecule has 0 atom stereocenters. The highest BCUT2D eigenvalue weighted by atomic mass is 16.3. The lowest BCUT2D eigenvalue weighted by Gasteiger charge is -2.42. The van der Waals surface area contributed by atoms with Crippen LogP contribution in [0, 0.1) is 0 Å². The number of aromatic hydroxyl groups is 3. The van der Waals surface area contributed by atoms with Crippen LogP contribution in [0.1, 0.15) is 45.2 Å². The summed E-state index contributed by atoms with van der Waals surface area (Å²) in [5, 5.41) is 30.3. The average Bonchev–Trinajstić information content (AvgIpc) is 2.54. The fraction of sp³-hybridized carbons (Fsp3) is 0.100. The number of hydrogen-bond donors (Lipinski definition) is 3. The maximum Gasteiger partial charge on any atom is 0.120 e. The number of hydrogen-bond acceptors (Lipinski definition) is 3. The molecule has 3 aromatic rings. The average molecular weight is 302 g/mol. The highest BCUT2D eigenvalue weighted by Crippen LogP contribution is 2.58. The minimum absolute atomic E-state index is 0.0672. The molecule has 0 spiro atoms. The van der Waals surface area contributed by atoms with Crippen molar-refractivity contribution in [3.63, 3.8) is 0 Å². The summed E-state index contributed by atoms with van der Waals surface area (Å²) in [6.45, 7) is 0. The van der Waals surface area contributed by atoms with E-state index in [4.69, 9.17) is 0 Å². The maximum absolute atomic E-state index is 10.4. The molecular weight excluding hydrogens is 288 g/mol. The topological polar surface area (TPSA) is 60.7 Å². The van der Waals surface area contributed by atoms with E-state index < -0.39 is 0 Å². The molecule has 0 unspecified atom stereocenters. The quantitative estimate of drug-likeness (QED) is 0.408. The third-order valence-electron chi connectivity index (χ3n) is 5.10. The molecule has 3 aromatic carbocycles. The van der Waals surface area contributed by atoms with Crippen LogP contribution in [0.4, 0.5) is 0 Å². The molecule has 23 heavy (non-hydrogen) atoms. The van der Waals surface area contributed by atoms with Gasteiger partial charge in [-0.2, -0.15) is 0 Å². The normalized spacial score (nSPS) is 19.8. The summed E-state index contributed by atoms with van der Waals surface area (Å²) in [5.41, 5.74) is 6.30. The molecule has 0 heterocycles. The van der Waals surface area contributed by atoms with Gasteiger partial charge in [0.05, 0.1) is 0 Å². The van der Waals surface area contributed by atoms with Crippen molar-refractivity contribution in [3.8, 4) is 17.2 Å². The maximum atomic E-state index is 10.4. The SMILES string of the molecule is Oc1ccc2c(c1)C1c3cc(O)ccc3C2c2c(O)cccc21. The summed E-state index contributed by atoms with van der Waals surface area (Å²) in [7, 11) is 0. The Bertz CT molecular complexity index is 918. The van der Waals surface area contributed by atoms with Gasteiger partial charge in [0.1, 0.15) is 17.2 Å². The van der Waals surface area contributed by atoms with E-state index in [1.807, 2.05) is 24.3 Å². The molecule has 0 amide bonds. The summed E-state index contributed by atoms with van der Waals surface area (Å²) >= 11 is 0. The Balaban J connectivity index is 1.92. The second-order valence-electron chi connectivity index (χ2n) is 6.27. The zero-order valence-corrected chi connectivity index (χ0v) is 12.2. The Kier molecular flexibility index (Phi) is 2.23. The van der Waals surface area contributed by atoms with Crippen LogP contribution >= 0.6 is 0 Å². The van der Waals surface area contributed by atoms with Crippen LogP contribution in [0.25, 0.3) is 0 Å². The molecule has 0 saturated carbocycles. The summed E-state index contributed by atoms with van der Waals surface area (Å²) in [5.74, 6) is 0.628. The van der Waals surface area contributed by atoms with E-state index in [2.05, 4.69) is 0 Å². The van der Waals surface area contributed by atoms with Gasteiger partial charge in [-0.1, -0.05) is 24.3 Å². The predicted molar refractivity (Wildman–Crippen MR) is 86.2 cm³/mol. The van der Waals surface area contributed by atoms with Crippen molar-refractivity contribution < 1.29 is 15.3 Å². The monoisotopic (exact) mass is 302 g/mol. The minimum atomic E-state index is -0.0775. The van der Waals surface area contributed by atoms with E-state index in [-0.39, 0.29) is 23.3 Å². The van der Waals surface area contributed by atoms with Gasteiger partial charge in [0.2, 0.25) is 0 Å². The third-order valence-corrected chi connectivity index (χ3v) is 5.10. The van der Waals surface area contributed by atoms with Gasteiger partial charge in [0.15, 0.2) is 0 Å². The third kappa shape index (κ3) is 1.49. The van der Waals surface area contributed by atoms with Crippen LogP contribution < -0.4 is 0 Å². The van der Waals surface area contributed by atoms with Gasteiger partial charge in [-0.15, -0.1) is 0 Å². The minimum Gasteiger partial charge on any atom is -0.508 e. The molecular formula is C20H14O3. The Labute approximate surface area is 133 Å². The number of phenols is 3. The lowest BCUT2D eigenvalue weighted by Crippen LogP contribution is -2.27. The van der Waals surface area contributed by atoms with Crippen LogP contribution in [0.15, 0.2) is 54.6 Å². The predicted octanol–water partition coefficient (Wildman–Crippen LogP) is 3.79. The zero-order valence-electron chi connectivity index (χ0n) is 12.2. The molecule has 0 radical (unpaired) electrons. The molecule has 3 heteroatoms. The van der Waals surface area contributed by atoms with Crippen LogP contribution in [0.3, 0.4) is 0 Å². The Morgan fingerprint density at radius 2 is 1.17 bits per heavy atom. The zero-order chi connectivity index (χ0) is 15.7. The largest absolute Gasteiger partial charge is 0.508 e. The Morgan fingerprint density at radius 1 is 0.565 bits per heavy atom. The highest BCUT2D eigenvalue weighted by molar-refractivity contribution is 5.71. The Hall–Kier alpha value is -2.94. The van der Waals surface area contributed by atoms with Crippen molar-refractivity contribution in [1.29, 1.82) is 0 Å². The van der Waals surface area contributed by atoms with Crippen molar-refractivity contribution in [2.24, 2.45) is 0 Å². The molecule has 0 aromatic heterocycles. The van der Waals surface area contributed by atoms with Crippen LogP contribution in [-0.4, -0.2) is 15.3 Å². The highest BCUT2D eigenvalue weighted by Gasteiger charge is 2.42. The number of benzene rings is 3. The van der Waals surface area contributed by atoms with Crippen LogP contribution in [-0.2, 0) is 0 Å². The van der Waals surface area contributed by atoms with Crippen molar-refractivity contribution in [1.82, 2.24) is 0 Å². The fourth-order valence-electron chi connectivity index (χ4n) is 4.27. The first kappa shape index (κ1) is 12.6. The van der Waals surface area contributed by atoms with E-state index >= 15 is 0 Å². The summed E-state index contributed by atoms with van der Waals surface area (Å²) in [4.78, 5) is 0. The van der Waals surface area contributed by atoms with Crippen molar-refractivity contribution in [2.75, 3.05) is 0 Å². The molecule has 0 aliphatic heterocycles. The molecule has 3 nitrogen and oxygen atoms in total. The van der Waals surface area contributed by atoms with Gasteiger partial charge < -0.3 is 15.3 Å². The first-order valence-corrected chi connectivity index (χ1v) is 7.62. The van der Waals surface area contributed by atoms with Gasteiger partial charge in [-0.3, -0.25) is 0 Å². The summed E-state index contributed by atoms with van der Waals surface area (Å²) < 4.78 is 0. The van der Waals surface area contributed by atoms with Crippen molar-refractivity contribution in [2.45, 2.75) is 11.8 Å². The molecule has 0 saturated heterocycles. The van der Waals surface area contributed by atoms with E-state index in [0.29, 0.717) is 5.75 Å². The Morgan fingerprint density at radius 3 is 1.78 bits per heavy atom. The summed E-state index contributed by atoms with van der Waals surface area (Å²) in [6.07, 6.45) is 0. The van der Waals surface area contributed by atoms with E-state index in [9.17, 15) is 15.3 Å². The standard InChI is InChI=1S/C20H14O3/c21-10-4-6-12-15(8-10)18-14-2-1-3-17(23)20(14)19(12)13-7-5-11(22)9-16(13)18/h1-9,18-19,21-23H. The lowest BCUT2D eigenvalue weighted by atomic mass is 9.61. The molecule has 0 fully saturated rings. The van der Waals surface area contributed by atoms with Crippen LogP contribution in [0.5, 0.6) is 17.2 Å².